The van der Waals surface area contributed by atoms with Crippen molar-refractivity contribution in [2.24, 2.45) is 0 Å². The molecule has 1 aliphatic heterocycles. The van der Waals surface area contributed by atoms with E-state index in [2.05, 4.69) is 131 Å². The molecule has 0 N–H and O–H groups in total. The summed E-state index contributed by atoms with van der Waals surface area (Å²) in [7, 11) is 0. The minimum atomic E-state index is -0.544. The van der Waals surface area contributed by atoms with Crippen LogP contribution in [0.25, 0.3) is 72.5 Å². The molecule has 1 spiro atoms. The highest BCUT2D eigenvalue weighted by molar-refractivity contribution is 6.13. The fourth-order valence-electron chi connectivity index (χ4n) is 8.82. The fourth-order valence-corrected chi connectivity index (χ4v) is 8.82. The minimum Gasteiger partial charge on any atom is -0.309 e. The van der Waals surface area contributed by atoms with Crippen LogP contribution < -0.4 is 0 Å². The largest absolute Gasteiger partial charge is 0.309 e. The van der Waals surface area contributed by atoms with E-state index in [0.29, 0.717) is 5.82 Å². The van der Waals surface area contributed by atoms with Crippen LogP contribution in [0, 0.1) is 0 Å². The highest BCUT2D eigenvalue weighted by Gasteiger charge is 2.51. The summed E-state index contributed by atoms with van der Waals surface area (Å²) in [6, 6.07) is 60.8. The Morgan fingerprint density at radius 2 is 1.04 bits per heavy atom. The molecule has 0 amide bonds. The summed E-state index contributed by atoms with van der Waals surface area (Å²) in [4.78, 5) is 5.34. The summed E-state index contributed by atoms with van der Waals surface area (Å²) in [6.07, 6.45) is 0. The van der Waals surface area contributed by atoms with E-state index in [1.165, 1.54) is 60.9 Å². The Labute approximate surface area is 289 Å². The van der Waals surface area contributed by atoms with Crippen LogP contribution in [0.1, 0.15) is 22.3 Å². The number of benzene rings is 7. The number of para-hydroxylation sites is 3. The summed E-state index contributed by atoms with van der Waals surface area (Å²) in [5.74, 6) is 0.608. The Morgan fingerprint density at radius 3 is 1.90 bits per heavy atom. The van der Waals surface area contributed by atoms with E-state index in [-0.39, 0.29) is 0 Å². The van der Waals surface area contributed by atoms with Gasteiger partial charge in [-0.25, -0.2) is 4.98 Å². The first-order valence-electron chi connectivity index (χ1n) is 17.1. The van der Waals surface area contributed by atoms with Gasteiger partial charge in [-0.1, -0.05) is 158 Å². The maximum Gasteiger partial charge on any atom is 0.182 e. The van der Waals surface area contributed by atoms with Gasteiger partial charge in [-0.05, 0) is 45.5 Å². The van der Waals surface area contributed by atoms with Crippen molar-refractivity contribution >= 4 is 21.8 Å². The Bertz CT molecular complexity index is 2820. The van der Waals surface area contributed by atoms with Crippen LogP contribution in [0.2, 0.25) is 0 Å². The van der Waals surface area contributed by atoms with Crippen molar-refractivity contribution < 1.29 is 0 Å². The molecule has 0 saturated carbocycles. The SMILES string of the molecule is c1ccc(-c2nnc(-c3ccccc3)c(-c3cccc4c3-c3ccccc3C43c4ccccc4-n4c5ccccc5c5cccc3c54)n2)cc1. The predicted molar refractivity (Wildman–Crippen MR) is 201 cm³/mol. The number of hydrogen-bond acceptors (Lipinski definition) is 3. The van der Waals surface area contributed by atoms with E-state index in [9.17, 15) is 0 Å². The molecule has 7 aromatic carbocycles. The molecular weight excluding hydrogens is 609 g/mol. The number of fused-ring (bicyclic) bond motifs is 12. The number of nitrogens with zero attached hydrogens (tertiary/aromatic N) is 4. The van der Waals surface area contributed by atoms with Crippen molar-refractivity contribution in [3.8, 4) is 50.7 Å². The lowest BCUT2D eigenvalue weighted by Gasteiger charge is -2.39. The van der Waals surface area contributed by atoms with Gasteiger partial charge in [0.15, 0.2) is 5.82 Å². The molecule has 9 aromatic rings. The van der Waals surface area contributed by atoms with Crippen LogP contribution in [0.4, 0.5) is 0 Å². The zero-order valence-electron chi connectivity index (χ0n) is 27.0. The monoisotopic (exact) mass is 636 g/mol. The average molecular weight is 637 g/mol. The first kappa shape index (κ1) is 27.3. The molecule has 232 valence electrons. The highest BCUT2D eigenvalue weighted by atomic mass is 15.2. The number of aromatic nitrogens is 4. The van der Waals surface area contributed by atoms with Gasteiger partial charge >= 0.3 is 0 Å². The Morgan fingerprint density at radius 1 is 0.420 bits per heavy atom. The van der Waals surface area contributed by atoms with E-state index in [1.807, 2.05) is 48.5 Å². The molecule has 0 bridgehead atoms. The molecule has 2 aliphatic rings. The maximum absolute atomic E-state index is 5.34. The summed E-state index contributed by atoms with van der Waals surface area (Å²) < 4.78 is 2.49. The lowest BCUT2D eigenvalue weighted by Crippen LogP contribution is -2.33. The molecule has 1 atom stereocenters. The van der Waals surface area contributed by atoms with Gasteiger partial charge in [0.05, 0.1) is 22.1 Å². The van der Waals surface area contributed by atoms with E-state index < -0.39 is 5.41 Å². The van der Waals surface area contributed by atoms with Crippen LogP contribution in [0.3, 0.4) is 0 Å². The lowest BCUT2D eigenvalue weighted by molar-refractivity contribution is 0.748. The third kappa shape index (κ3) is 3.47. The van der Waals surface area contributed by atoms with Crippen LogP contribution in [0.5, 0.6) is 0 Å². The third-order valence-corrected chi connectivity index (χ3v) is 10.7. The second-order valence-corrected chi connectivity index (χ2v) is 13.2. The van der Waals surface area contributed by atoms with Crippen molar-refractivity contribution in [1.82, 2.24) is 19.7 Å². The van der Waals surface area contributed by atoms with Crippen LogP contribution >= 0.6 is 0 Å². The van der Waals surface area contributed by atoms with Gasteiger partial charge in [0.25, 0.3) is 0 Å². The van der Waals surface area contributed by atoms with Gasteiger partial charge in [-0.2, -0.15) is 0 Å². The fraction of sp³-hybridized carbons (Fsp3) is 0.0217. The summed E-state index contributed by atoms with van der Waals surface area (Å²) >= 11 is 0. The zero-order chi connectivity index (χ0) is 32.8. The van der Waals surface area contributed by atoms with Crippen LogP contribution in [0.15, 0.2) is 170 Å². The molecule has 11 rings (SSSR count). The van der Waals surface area contributed by atoms with Crippen molar-refractivity contribution in [1.29, 1.82) is 0 Å². The topological polar surface area (TPSA) is 43.6 Å². The van der Waals surface area contributed by atoms with Crippen molar-refractivity contribution in [3.05, 3.63) is 192 Å². The molecule has 1 unspecified atom stereocenters. The minimum absolute atomic E-state index is 0.544. The highest BCUT2D eigenvalue weighted by Crippen LogP contribution is 2.62. The second kappa shape index (κ2) is 10.2. The second-order valence-electron chi connectivity index (χ2n) is 13.2. The number of rotatable bonds is 3. The van der Waals surface area contributed by atoms with E-state index in [1.54, 1.807) is 0 Å². The Balaban J connectivity index is 1.29. The van der Waals surface area contributed by atoms with Crippen LogP contribution in [-0.4, -0.2) is 19.7 Å². The van der Waals surface area contributed by atoms with E-state index in [0.717, 1.165) is 28.1 Å². The molecule has 2 aromatic heterocycles. The Hall–Kier alpha value is -6.65. The predicted octanol–water partition coefficient (Wildman–Crippen LogP) is 10.6. The normalized spacial score (nSPS) is 15.3. The molecule has 0 fully saturated rings. The molecule has 1 aliphatic carbocycles. The van der Waals surface area contributed by atoms with Crippen molar-refractivity contribution in [2.45, 2.75) is 5.41 Å². The van der Waals surface area contributed by atoms with Gasteiger partial charge in [-0.3, -0.25) is 0 Å². The van der Waals surface area contributed by atoms with Gasteiger partial charge in [0.1, 0.15) is 11.4 Å². The van der Waals surface area contributed by atoms with Gasteiger partial charge < -0.3 is 4.57 Å². The molecule has 4 heteroatoms. The van der Waals surface area contributed by atoms with Gasteiger partial charge in [0.2, 0.25) is 0 Å². The van der Waals surface area contributed by atoms with Crippen molar-refractivity contribution in [2.75, 3.05) is 0 Å². The summed E-state index contributed by atoms with van der Waals surface area (Å²) in [6.45, 7) is 0. The molecule has 0 saturated heterocycles. The van der Waals surface area contributed by atoms with Crippen molar-refractivity contribution in [3.63, 3.8) is 0 Å². The molecule has 3 heterocycles. The van der Waals surface area contributed by atoms with E-state index in [4.69, 9.17) is 10.1 Å². The first-order chi connectivity index (χ1) is 24.8. The lowest BCUT2D eigenvalue weighted by atomic mass is 9.65. The van der Waals surface area contributed by atoms with Gasteiger partial charge in [0, 0.05) is 27.5 Å². The average Bonchev–Trinajstić information content (AvgIpc) is 3.69. The zero-order valence-corrected chi connectivity index (χ0v) is 27.0. The van der Waals surface area contributed by atoms with Crippen LogP contribution in [-0.2, 0) is 5.41 Å². The summed E-state index contributed by atoms with van der Waals surface area (Å²) in [5, 5.41) is 12.1. The first-order valence-corrected chi connectivity index (χ1v) is 17.1. The molecule has 4 nitrogen and oxygen atoms in total. The van der Waals surface area contributed by atoms with Gasteiger partial charge in [-0.15, -0.1) is 10.2 Å². The quantitative estimate of drug-likeness (QED) is 0.194. The molecular formula is C46H28N4. The maximum atomic E-state index is 5.34. The Kier molecular flexibility index (Phi) is 5.56. The van der Waals surface area contributed by atoms with E-state index >= 15 is 0 Å². The summed E-state index contributed by atoms with van der Waals surface area (Å²) in [5.41, 5.74) is 15.2. The smallest absolute Gasteiger partial charge is 0.182 e. The molecule has 0 radical (unpaired) electrons. The third-order valence-electron chi connectivity index (χ3n) is 10.7. The standard InChI is InChI=1S/C46H28N4/c1-3-15-29(16-4-1)42-43(47-45(49-48-42)30-17-5-2-6-18-30)34-22-14-25-37-41(34)33-20-7-9-23-35(33)46(37)36-24-10-12-28-40(36)50-39-27-11-8-19-31(39)32-21-13-26-38(46)44(32)50/h1-28H. The molecule has 50 heavy (non-hydrogen) atoms. The number of hydrogen-bond donors (Lipinski definition) is 0.